The Balaban J connectivity index is 1.73. The van der Waals surface area contributed by atoms with Gasteiger partial charge in [-0.25, -0.2) is 9.37 Å². The molecule has 0 saturated carbocycles. The number of fused-ring (bicyclic) bond motifs is 1. The molecule has 0 atom stereocenters. The Morgan fingerprint density at radius 1 is 1.30 bits per heavy atom. The number of anilines is 1. The van der Waals surface area contributed by atoms with Crippen molar-refractivity contribution in [2.75, 3.05) is 11.9 Å². The van der Waals surface area contributed by atoms with E-state index in [2.05, 4.69) is 36.5 Å². The van der Waals surface area contributed by atoms with Crippen LogP contribution in [0.1, 0.15) is 0 Å². The molecule has 2 heterocycles. The first-order valence-electron chi connectivity index (χ1n) is 6.06. The lowest BCUT2D eigenvalue weighted by Gasteiger charge is -2.07. The highest BCUT2D eigenvalue weighted by molar-refractivity contribution is 9.10. The summed E-state index contributed by atoms with van der Waals surface area (Å²) in [4.78, 5) is 4.38. The van der Waals surface area contributed by atoms with E-state index in [9.17, 15) is 4.39 Å². The summed E-state index contributed by atoms with van der Waals surface area (Å²) in [5.41, 5.74) is 0.622. The first kappa shape index (κ1) is 13.0. The standard InChI is InChI=1S/C13H11BrFN5/c14-10-7-9-1-2-13(18-12(9)8-11(10)15)16-3-5-20-6-4-17-19-20/h1-2,4,6-8H,3,5H2,(H,16,18). The summed E-state index contributed by atoms with van der Waals surface area (Å²) in [5, 5.41) is 11.7. The predicted octanol–water partition coefficient (Wildman–Crippen LogP) is 2.84. The molecule has 2 aromatic heterocycles. The number of hydrogen-bond acceptors (Lipinski definition) is 4. The fourth-order valence-corrected chi connectivity index (χ4v) is 2.23. The molecule has 5 nitrogen and oxygen atoms in total. The highest BCUT2D eigenvalue weighted by Crippen LogP contribution is 2.23. The number of halogens is 2. The Hall–Kier alpha value is -2.02. The zero-order valence-electron chi connectivity index (χ0n) is 10.4. The Morgan fingerprint density at radius 3 is 3.00 bits per heavy atom. The lowest BCUT2D eigenvalue weighted by molar-refractivity contribution is 0.608. The number of nitrogens with zero attached hydrogens (tertiary/aromatic N) is 4. The monoisotopic (exact) mass is 335 g/mol. The quantitative estimate of drug-likeness (QED) is 0.796. The van der Waals surface area contributed by atoms with Gasteiger partial charge in [-0.05, 0) is 34.1 Å². The van der Waals surface area contributed by atoms with E-state index < -0.39 is 0 Å². The van der Waals surface area contributed by atoms with E-state index >= 15 is 0 Å². The average molecular weight is 336 g/mol. The molecule has 7 heteroatoms. The third-order valence-corrected chi connectivity index (χ3v) is 3.46. The van der Waals surface area contributed by atoms with Crippen molar-refractivity contribution in [3.63, 3.8) is 0 Å². The summed E-state index contributed by atoms with van der Waals surface area (Å²) < 4.78 is 15.7. The fraction of sp³-hybridized carbons (Fsp3) is 0.154. The smallest absolute Gasteiger partial charge is 0.139 e. The maximum atomic E-state index is 13.5. The van der Waals surface area contributed by atoms with Crippen molar-refractivity contribution in [2.45, 2.75) is 6.54 Å². The van der Waals surface area contributed by atoms with Crippen LogP contribution in [0.4, 0.5) is 10.2 Å². The number of hydrogen-bond donors (Lipinski definition) is 1. The van der Waals surface area contributed by atoms with Crippen molar-refractivity contribution in [2.24, 2.45) is 0 Å². The number of aromatic nitrogens is 4. The van der Waals surface area contributed by atoms with Crippen LogP contribution in [0.2, 0.25) is 0 Å². The summed E-state index contributed by atoms with van der Waals surface area (Å²) >= 11 is 3.16. The molecule has 0 amide bonds. The largest absolute Gasteiger partial charge is 0.368 e. The average Bonchev–Trinajstić information content (AvgIpc) is 2.93. The van der Waals surface area contributed by atoms with Crippen LogP contribution in [0.25, 0.3) is 10.9 Å². The topological polar surface area (TPSA) is 55.6 Å². The van der Waals surface area contributed by atoms with Gasteiger partial charge >= 0.3 is 0 Å². The third-order valence-electron chi connectivity index (χ3n) is 2.85. The van der Waals surface area contributed by atoms with E-state index in [-0.39, 0.29) is 5.82 Å². The van der Waals surface area contributed by atoms with E-state index in [1.807, 2.05) is 12.1 Å². The van der Waals surface area contributed by atoms with Crippen LogP contribution < -0.4 is 5.32 Å². The van der Waals surface area contributed by atoms with Crippen LogP contribution in [0.15, 0.2) is 41.1 Å². The highest BCUT2D eigenvalue weighted by atomic mass is 79.9. The van der Waals surface area contributed by atoms with E-state index in [1.165, 1.54) is 6.07 Å². The van der Waals surface area contributed by atoms with Gasteiger partial charge in [-0.3, -0.25) is 4.68 Å². The van der Waals surface area contributed by atoms with Gasteiger partial charge in [0.1, 0.15) is 11.6 Å². The maximum Gasteiger partial charge on any atom is 0.139 e. The molecule has 1 N–H and O–H groups in total. The molecule has 0 aliphatic carbocycles. The third kappa shape index (κ3) is 2.77. The number of pyridine rings is 1. The van der Waals surface area contributed by atoms with Crippen molar-refractivity contribution >= 4 is 32.7 Å². The van der Waals surface area contributed by atoms with Crippen molar-refractivity contribution in [1.82, 2.24) is 20.0 Å². The first-order chi connectivity index (χ1) is 9.72. The molecular weight excluding hydrogens is 325 g/mol. The summed E-state index contributed by atoms with van der Waals surface area (Å²) in [5.74, 6) is 0.393. The highest BCUT2D eigenvalue weighted by Gasteiger charge is 2.04. The van der Waals surface area contributed by atoms with Crippen LogP contribution in [-0.2, 0) is 6.54 Å². The summed E-state index contributed by atoms with van der Waals surface area (Å²) in [7, 11) is 0. The van der Waals surface area contributed by atoms with Crippen molar-refractivity contribution < 1.29 is 4.39 Å². The van der Waals surface area contributed by atoms with Crippen molar-refractivity contribution in [1.29, 1.82) is 0 Å². The first-order valence-corrected chi connectivity index (χ1v) is 6.85. The van der Waals surface area contributed by atoms with Gasteiger partial charge in [-0.15, -0.1) is 5.10 Å². The lowest BCUT2D eigenvalue weighted by atomic mass is 10.2. The second-order valence-electron chi connectivity index (χ2n) is 4.25. The Morgan fingerprint density at radius 2 is 2.20 bits per heavy atom. The minimum absolute atomic E-state index is 0.315. The predicted molar refractivity (Wildman–Crippen MR) is 77.9 cm³/mol. The summed E-state index contributed by atoms with van der Waals surface area (Å²) in [6.45, 7) is 1.36. The van der Waals surface area contributed by atoms with Crippen molar-refractivity contribution in [3.05, 3.63) is 46.9 Å². The molecule has 102 valence electrons. The normalized spacial score (nSPS) is 10.9. The molecule has 3 aromatic rings. The molecule has 0 fully saturated rings. The Bertz CT molecular complexity index is 729. The van der Waals surface area contributed by atoms with Gasteiger partial charge in [0.2, 0.25) is 0 Å². The Kier molecular flexibility index (Phi) is 3.60. The molecule has 20 heavy (non-hydrogen) atoms. The van der Waals surface area contributed by atoms with Gasteiger partial charge in [0, 0.05) is 24.2 Å². The summed E-state index contributed by atoms with van der Waals surface area (Å²) in [6.07, 6.45) is 3.43. The van der Waals surface area contributed by atoms with Crippen LogP contribution >= 0.6 is 15.9 Å². The minimum atomic E-state index is -0.315. The van der Waals surface area contributed by atoms with Crippen LogP contribution in [0.5, 0.6) is 0 Å². The molecule has 0 saturated heterocycles. The maximum absolute atomic E-state index is 13.5. The molecular formula is C13H11BrFN5. The van der Waals surface area contributed by atoms with Gasteiger partial charge in [0.15, 0.2) is 0 Å². The second kappa shape index (κ2) is 5.54. The zero-order chi connectivity index (χ0) is 13.9. The number of nitrogens with one attached hydrogen (secondary N) is 1. The number of rotatable bonds is 4. The van der Waals surface area contributed by atoms with E-state index in [0.29, 0.717) is 28.9 Å². The van der Waals surface area contributed by atoms with Gasteiger partial charge in [-0.1, -0.05) is 5.21 Å². The molecule has 0 spiro atoms. The molecule has 0 radical (unpaired) electrons. The minimum Gasteiger partial charge on any atom is -0.368 e. The SMILES string of the molecule is Fc1cc2nc(NCCn3ccnn3)ccc2cc1Br. The van der Waals surface area contributed by atoms with Gasteiger partial charge in [0.25, 0.3) is 0 Å². The van der Waals surface area contributed by atoms with Crippen molar-refractivity contribution in [3.8, 4) is 0 Å². The van der Waals surface area contributed by atoms with Gasteiger partial charge in [-0.2, -0.15) is 0 Å². The van der Waals surface area contributed by atoms with Gasteiger partial charge < -0.3 is 5.32 Å². The van der Waals surface area contributed by atoms with Gasteiger partial charge in [0.05, 0.1) is 22.7 Å². The van der Waals surface area contributed by atoms with E-state index in [0.717, 1.165) is 5.39 Å². The van der Waals surface area contributed by atoms with Crippen LogP contribution in [0, 0.1) is 5.82 Å². The summed E-state index contributed by atoms with van der Waals surface area (Å²) in [6, 6.07) is 6.91. The molecule has 0 bridgehead atoms. The van der Waals surface area contributed by atoms with E-state index in [1.54, 1.807) is 23.1 Å². The lowest BCUT2D eigenvalue weighted by Crippen LogP contribution is -2.11. The van der Waals surface area contributed by atoms with Crippen LogP contribution in [-0.4, -0.2) is 26.5 Å². The fourth-order valence-electron chi connectivity index (χ4n) is 1.87. The Labute approximate surface area is 122 Å². The molecule has 0 aliphatic heterocycles. The zero-order valence-corrected chi connectivity index (χ0v) is 12.0. The number of benzene rings is 1. The van der Waals surface area contributed by atoms with Crippen LogP contribution in [0.3, 0.4) is 0 Å². The molecule has 3 rings (SSSR count). The second-order valence-corrected chi connectivity index (χ2v) is 5.10. The van der Waals surface area contributed by atoms with E-state index in [4.69, 9.17) is 0 Å². The molecule has 0 unspecified atom stereocenters. The molecule has 0 aliphatic rings. The molecule has 1 aromatic carbocycles.